The summed E-state index contributed by atoms with van der Waals surface area (Å²) in [7, 11) is 0. The lowest BCUT2D eigenvalue weighted by atomic mass is 9.98. The SMILES string of the molecule is C=O.CCCC[C@H]1Cn2nc(-c3ccc(C)cc3)cc2C(=O)N1CC(=O)N1CCC(CO)CC1. The molecule has 8 nitrogen and oxygen atoms in total. The standard InChI is InChI=1S/C25H34N4O3.CH2O/c1-3-4-5-21-15-29-23(14-22(26-29)20-8-6-18(2)7-9-20)25(32)28(21)16-24(31)27-12-10-19(17-30)11-13-27;1-2/h6-9,14,19,21,30H,3-5,10-13,15-17H2,1-2H3;1H2/t21-;/m0./s1. The van der Waals surface area contributed by atoms with Crippen molar-refractivity contribution in [2.24, 2.45) is 5.92 Å². The fraction of sp³-hybridized carbons (Fsp3) is 0.538. The van der Waals surface area contributed by atoms with Gasteiger partial charge in [-0.25, -0.2) is 0 Å². The van der Waals surface area contributed by atoms with E-state index in [1.54, 1.807) is 4.90 Å². The quantitative estimate of drug-likeness (QED) is 0.674. The highest BCUT2D eigenvalue weighted by Crippen LogP contribution is 2.27. The molecular formula is C26H36N4O4. The number of piperidine rings is 1. The molecule has 184 valence electrons. The van der Waals surface area contributed by atoms with Crippen LogP contribution in [0.5, 0.6) is 0 Å². The summed E-state index contributed by atoms with van der Waals surface area (Å²) in [5.41, 5.74) is 3.52. The zero-order valence-corrected chi connectivity index (χ0v) is 20.3. The lowest BCUT2D eigenvalue weighted by Gasteiger charge is -2.38. The number of aryl methyl sites for hydroxylation is 1. The molecule has 0 spiro atoms. The van der Waals surface area contributed by atoms with Crippen LogP contribution in [-0.4, -0.2) is 75.6 Å². The molecule has 0 radical (unpaired) electrons. The van der Waals surface area contributed by atoms with E-state index in [-0.39, 0.29) is 36.9 Å². The lowest BCUT2D eigenvalue weighted by Crippen LogP contribution is -2.53. The predicted molar refractivity (Wildman–Crippen MR) is 130 cm³/mol. The van der Waals surface area contributed by atoms with Crippen LogP contribution >= 0.6 is 0 Å². The largest absolute Gasteiger partial charge is 0.396 e. The van der Waals surface area contributed by atoms with E-state index in [4.69, 9.17) is 9.89 Å². The first-order valence-corrected chi connectivity index (χ1v) is 12.1. The summed E-state index contributed by atoms with van der Waals surface area (Å²) in [5, 5.41) is 14.1. The Morgan fingerprint density at radius 2 is 1.85 bits per heavy atom. The van der Waals surface area contributed by atoms with Gasteiger partial charge >= 0.3 is 0 Å². The summed E-state index contributed by atoms with van der Waals surface area (Å²) in [6.07, 6.45) is 4.55. The Hall–Kier alpha value is -3.00. The van der Waals surface area contributed by atoms with E-state index in [0.29, 0.717) is 25.3 Å². The molecule has 0 unspecified atom stereocenters. The van der Waals surface area contributed by atoms with Crippen LogP contribution in [0, 0.1) is 12.8 Å². The number of hydrogen-bond acceptors (Lipinski definition) is 5. The molecule has 2 aromatic rings. The van der Waals surface area contributed by atoms with Crippen LogP contribution in [-0.2, 0) is 16.1 Å². The molecule has 34 heavy (non-hydrogen) atoms. The molecule has 0 aliphatic carbocycles. The molecule has 1 aromatic carbocycles. The molecule has 2 aliphatic rings. The number of hydrogen-bond donors (Lipinski definition) is 1. The highest BCUT2D eigenvalue weighted by Gasteiger charge is 2.36. The van der Waals surface area contributed by atoms with Gasteiger partial charge in [0.15, 0.2) is 0 Å². The van der Waals surface area contributed by atoms with Crippen molar-refractivity contribution < 1.29 is 19.5 Å². The number of unbranched alkanes of at least 4 members (excludes halogenated alkanes) is 1. The monoisotopic (exact) mass is 468 g/mol. The molecule has 2 amide bonds. The topological polar surface area (TPSA) is 95.7 Å². The second kappa shape index (κ2) is 11.9. The van der Waals surface area contributed by atoms with Crippen molar-refractivity contribution in [2.75, 3.05) is 26.2 Å². The first-order chi connectivity index (χ1) is 16.5. The van der Waals surface area contributed by atoms with Crippen molar-refractivity contribution in [2.45, 2.75) is 58.5 Å². The van der Waals surface area contributed by atoms with Gasteiger partial charge in [0.1, 0.15) is 19.0 Å². The second-order valence-electron chi connectivity index (χ2n) is 9.20. The first-order valence-electron chi connectivity index (χ1n) is 12.1. The number of rotatable bonds is 7. The van der Waals surface area contributed by atoms with Gasteiger partial charge in [-0.3, -0.25) is 14.3 Å². The van der Waals surface area contributed by atoms with Crippen LogP contribution in [0.25, 0.3) is 11.3 Å². The number of aliphatic hydroxyl groups excluding tert-OH is 1. The van der Waals surface area contributed by atoms with Crippen LogP contribution in [0.4, 0.5) is 0 Å². The van der Waals surface area contributed by atoms with Crippen molar-refractivity contribution in [1.29, 1.82) is 0 Å². The van der Waals surface area contributed by atoms with Gasteiger partial charge in [0.25, 0.3) is 5.91 Å². The van der Waals surface area contributed by atoms with Gasteiger partial charge in [0, 0.05) is 25.3 Å². The number of carbonyl (C=O) groups excluding carboxylic acids is 3. The van der Waals surface area contributed by atoms with Gasteiger partial charge < -0.3 is 19.7 Å². The average Bonchev–Trinajstić information content (AvgIpc) is 3.30. The van der Waals surface area contributed by atoms with Crippen LogP contribution in [0.2, 0.25) is 0 Å². The Morgan fingerprint density at radius 1 is 1.18 bits per heavy atom. The van der Waals surface area contributed by atoms with Gasteiger partial charge in [-0.15, -0.1) is 0 Å². The molecule has 1 atom stereocenters. The van der Waals surface area contributed by atoms with Gasteiger partial charge in [-0.1, -0.05) is 49.6 Å². The fourth-order valence-electron chi connectivity index (χ4n) is 4.70. The van der Waals surface area contributed by atoms with Gasteiger partial charge in [0.2, 0.25) is 5.91 Å². The van der Waals surface area contributed by atoms with E-state index >= 15 is 0 Å². The maximum atomic E-state index is 13.5. The third kappa shape index (κ3) is 5.73. The zero-order valence-electron chi connectivity index (χ0n) is 20.3. The summed E-state index contributed by atoms with van der Waals surface area (Å²) >= 11 is 0. The van der Waals surface area contributed by atoms with Gasteiger partial charge in [-0.05, 0) is 38.2 Å². The summed E-state index contributed by atoms with van der Waals surface area (Å²) in [6, 6.07) is 9.97. The summed E-state index contributed by atoms with van der Waals surface area (Å²) in [4.78, 5) is 38.1. The highest BCUT2D eigenvalue weighted by atomic mass is 16.3. The number of nitrogens with zero attached hydrogens (tertiary/aromatic N) is 4. The predicted octanol–water partition coefficient (Wildman–Crippen LogP) is 2.92. The van der Waals surface area contributed by atoms with Crippen molar-refractivity contribution >= 4 is 18.6 Å². The zero-order chi connectivity index (χ0) is 24.7. The molecule has 1 aromatic heterocycles. The number of aliphatic hydroxyl groups is 1. The van der Waals surface area contributed by atoms with E-state index in [1.165, 1.54) is 5.56 Å². The fourth-order valence-corrected chi connectivity index (χ4v) is 4.70. The maximum Gasteiger partial charge on any atom is 0.272 e. The van der Waals surface area contributed by atoms with E-state index in [2.05, 4.69) is 6.92 Å². The van der Waals surface area contributed by atoms with Crippen LogP contribution in [0.3, 0.4) is 0 Å². The highest BCUT2D eigenvalue weighted by molar-refractivity contribution is 5.97. The number of amides is 2. The molecule has 2 aliphatic heterocycles. The Kier molecular flexibility index (Phi) is 8.98. The number of benzene rings is 1. The van der Waals surface area contributed by atoms with E-state index in [9.17, 15) is 14.7 Å². The number of aromatic nitrogens is 2. The first kappa shape index (κ1) is 25.6. The Morgan fingerprint density at radius 3 is 2.47 bits per heavy atom. The third-order valence-corrected chi connectivity index (χ3v) is 6.85. The molecule has 1 fully saturated rings. The lowest BCUT2D eigenvalue weighted by molar-refractivity contribution is -0.134. The molecular weight excluding hydrogens is 432 g/mol. The number of likely N-dealkylation sites (tertiary alicyclic amines) is 1. The number of carbonyl (C=O) groups is 3. The van der Waals surface area contributed by atoms with Crippen LogP contribution in [0.1, 0.15) is 55.1 Å². The summed E-state index contributed by atoms with van der Waals surface area (Å²) < 4.78 is 1.82. The van der Waals surface area contributed by atoms with E-state index in [1.807, 2.05) is 53.6 Å². The molecule has 4 rings (SSSR count). The summed E-state index contributed by atoms with van der Waals surface area (Å²) in [5.74, 6) is 0.173. The van der Waals surface area contributed by atoms with E-state index in [0.717, 1.165) is 43.4 Å². The minimum atomic E-state index is -0.109. The van der Waals surface area contributed by atoms with E-state index < -0.39 is 0 Å². The number of fused-ring (bicyclic) bond motifs is 1. The molecule has 0 bridgehead atoms. The molecule has 0 saturated carbocycles. The Balaban J connectivity index is 0.00000158. The summed E-state index contributed by atoms with van der Waals surface area (Å²) in [6.45, 7) is 8.40. The Labute approximate surface area is 201 Å². The smallest absolute Gasteiger partial charge is 0.272 e. The van der Waals surface area contributed by atoms with Crippen LogP contribution < -0.4 is 0 Å². The molecule has 3 heterocycles. The minimum absolute atomic E-state index is 0.00274. The minimum Gasteiger partial charge on any atom is -0.396 e. The van der Waals surface area contributed by atoms with Crippen molar-refractivity contribution in [3.63, 3.8) is 0 Å². The molecule has 1 N–H and O–H groups in total. The normalized spacial score (nSPS) is 18.3. The van der Waals surface area contributed by atoms with Gasteiger partial charge in [0.05, 0.1) is 18.3 Å². The Bertz CT molecular complexity index is 964. The van der Waals surface area contributed by atoms with Crippen LogP contribution in [0.15, 0.2) is 30.3 Å². The second-order valence-corrected chi connectivity index (χ2v) is 9.20. The van der Waals surface area contributed by atoms with Gasteiger partial charge in [-0.2, -0.15) is 5.10 Å². The van der Waals surface area contributed by atoms with Crippen molar-refractivity contribution in [1.82, 2.24) is 19.6 Å². The maximum absolute atomic E-state index is 13.5. The average molecular weight is 469 g/mol. The van der Waals surface area contributed by atoms with Crippen molar-refractivity contribution in [3.8, 4) is 11.3 Å². The molecule has 1 saturated heterocycles. The van der Waals surface area contributed by atoms with Crippen molar-refractivity contribution in [3.05, 3.63) is 41.6 Å². The molecule has 8 heteroatoms. The third-order valence-electron chi connectivity index (χ3n) is 6.85.